The molecule has 3 amide bonds. The van der Waals surface area contributed by atoms with Crippen LogP contribution in [0.5, 0.6) is 11.5 Å². The van der Waals surface area contributed by atoms with E-state index >= 15 is 0 Å². The van der Waals surface area contributed by atoms with Crippen LogP contribution in [0.15, 0.2) is 72.9 Å². The second kappa shape index (κ2) is 14.9. The van der Waals surface area contributed by atoms with Crippen LogP contribution in [-0.4, -0.2) is 78.5 Å². The fourth-order valence-corrected chi connectivity index (χ4v) is 7.37. The number of hydrogen-bond acceptors (Lipinski definition) is 11. The SMILES string of the molecule is Cc1cc(-c2ccc(N(C)C)nc2)ccc1-c1nc2ccc(OC(=O)CCOCCOc3ccc4c(c3)CN(C3CCC(=O)NC3=O)C4=O)cc2s1. The monoisotopic (exact) mass is 719 g/mol. The summed E-state index contributed by atoms with van der Waals surface area (Å²) < 4.78 is 17.9. The third-order valence-corrected chi connectivity index (χ3v) is 10.1. The van der Waals surface area contributed by atoms with Crippen LogP contribution < -0.4 is 19.7 Å². The minimum Gasteiger partial charge on any atom is -0.491 e. The first-order valence-electron chi connectivity index (χ1n) is 17.0. The van der Waals surface area contributed by atoms with Crippen LogP contribution >= 0.6 is 11.3 Å². The van der Waals surface area contributed by atoms with E-state index in [2.05, 4.69) is 41.5 Å². The third-order valence-electron chi connectivity index (χ3n) is 9.03. The Balaban J connectivity index is 0.863. The Morgan fingerprint density at radius 1 is 0.942 bits per heavy atom. The fraction of sp³-hybridized carbons (Fsp3) is 0.282. The summed E-state index contributed by atoms with van der Waals surface area (Å²) in [6.07, 6.45) is 2.47. The van der Waals surface area contributed by atoms with Gasteiger partial charge in [-0.15, -0.1) is 11.3 Å². The number of piperidine rings is 1. The van der Waals surface area contributed by atoms with Crippen molar-refractivity contribution < 1.29 is 33.4 Å². The smallest absolute Gasteiger partial charge is 0.313 e. The lowest BCUT2D eigenvalue weighted by atomic mass is 10.0. The normalized spacial score (nSPS) is 15.5. The lowest BCUT2D eigenvalue weighted by Crippen LogP contribution is -2.52. The van der Waals surface area contributed by atoms with Gasteiger partial charge in [0.2, 0.25) is 11.8 Å². The zero-order chi connectivity index (χ0) is 36.4. The number of anilines is 1. The number of esters is 1. The molecule has 12 nitrogen and oxygen atoms in total. The number of hydrogen-bond donors (Lipinski definition) is 1. The Labute approximate surface area is 304 Å². The van der Waals surface area contributed by atoms with Crippen LogP contribution in [0.25, 0.3) is 31.9 Å². The average molecular weight is 720 g/mol. The number of carbonyl (C=O) groups excluding carboxylic acids is 4. The molecular formula is C39H37N5O7S. The molecule has 52 heavy (non-hydrogen) atoms. The van der Waals surface area contributed by atoms with Crippen LogP contribution in [0.1, 0.15) is 40.7 Å². The zero-order valence-corrected chi connectivity index (χ0v) is 29.8. The molecule has 2 aromatic heterocycles. The number of thiazole rings is 1. The summed E-state index contributed by atoms with van der Waals surface area (Å²) in [5, 5.41) is 3.20. The molecule has 7 rings (SSSR count). The van der Waals surface area contributed by atoms with Gasteiger partial charge in [-0.2, -0.15) is 0 Å². The largest absolute Gasteiger partial charge is 0.491 e. The van der Waals surface area contributed by atoms with Crippen LogP contribution in [-0.2, 0) is 25.7 Å². The number of aryl methyl sites for hydroxylation is 1. The van der Waals surface area contributed by atoms with E-state index in [1.165, 1.54) is 4.90 Å². The van der Waals surface area contributed by atoms with Crippen molar-refractivity contribution in [1.82, 2.24) is 20.2 Å². The molecule has 3 aromatic carbocycles. The van der Waals surface area contributed by atoms with E-state index in [-0.39, 0.29) is 51.0 Å². The first-order valence-corrected chi connectivity index (χ1v) is 17.8. The highest BCUT2D eigenvalue weighted by Gasteiger charge is 2.39. The summed E-state index contributed by atoms with van der Waals surface area (Å²) in [7, 11) is 3.94. The molecule has 1 atom stereocenters. The molecule has 0 radical (unpaired) electrons. The standard InChI is InChI=1S/C39H37N5O7S/c1-23-18-24(25-5-12-34(40-21-25)43(2)3)4-8-29(23)38-41-31-10-7-28(20-33(31)52-38)51-36(46)14-15-49-16-17-50-27-6-9-30-26(19-27)22-44(39(30)48)32-11-13-35(45)42-37(32)47/h4-10,12,18-21,32H,11,13-17,22H2,1-3H3,(H,42,45,47). The van der Waals surface area contributed by atoms with Crippen molar-refractivity contribution >= 4 is 51.1 Å². The Hall–Kier alpha value is -5.66. The molecule has 0 spiro atoms. The van der Waals surface area contributed by atoms with Gasteiger partial charge < -0.3 is 24.0 Å². The maximum Gasteiger partial charge on any atom is 0.313 e. The van der Waals surface area contributed by atoms with Crippen LogP contribution in [0.4, 0.5) is 5.82 Å². The number of aromatic nitrogens is 2. The van der Waals surface area contributed by atoms with Crippen molar-refractivity contribution in [2.75, 3.05) is 38.8 Å². The number of pyridine rings is 1. The number of ether oxygens (including phenoxy) is 3. The van der Waals surface area contributed by atoms with Crippen LogP contribution in [0.2, 0.25) is 0 Å². The van der Waals surface area contributed by atoms with Gasteiger partial charge in [-0.05, 0) is 72.5 Å². The van der Waals surface area contributed by atoms with Crippen molar-refractivity contribution in [3.8, 4) is 33.2 Å². The van der Waals surface area contributed by atoms with Crippen LogP contribution in [0, 0.1) is 6.92 Å². The Kier molecular flexibility index (Phi) is 9.97. The van der Waals surface area contributed by atoms with E-state index < -0.39 is 17.9 Å². The second-order valence-electron chi connectivity index (χ2n) is 12.9. The summed E-state index contributed by atoms with van der Waals surface area (Å²) in [6, 6.07) is 20.3. The second-order valence-corrected chi connectivity index (χ2v) is 13.9. The molecule has 1 N–H and O–H groups in total. The van der Waals surface area contributed by atoms with Gasteiger partial charge in [0.05, 0.1) is 29.9 Å². The molecule has 1 saturated heterocycles. The van der Waals surface area contributed by atoms with E-state index in [0.717, 1.165) is 48.9 Å². The van der Waals surface area contributed by atoms with Gasteiger partial charge in [-0.3, -0.25) is 24.5 Å². The number of fused-ring (bicyclic) bond motifs is 2. The number of nitrogens with one attached hydrogen (secondary N) is 1. The minimum absolute atomic E-state index is 0.0715. The Morgan fingerprint density at radius 2 is 1.75 bits per heavy atom. The van der Waals surface area contributed by atoms with Crippen molar-refractivity contribution in [3.05, 3.63) is 89.6 Å². The van der Waals surface area contributed by atoms with E-state index in [9.17, 15) is 19.2 Å². The third kappa shape index (κ3) is 7.51. The quantitative estimate of drug-likeness (QED) is 0.0756. The summed E-state index contributed by atoms with van der Waals surface area (Å²) in [5.41, 5.74) is 6.39. The van der Waals surface area contributed by atoms with Crippen LogP contribution in [0.3, 0.4) is 0 Å². The summed E-state index contributed by atoms with van der Waals surface area (Å²) in [5.74, 6) is 0.510. The van der Waals surface area contributed by atoms with Crippen molar-refractivity contribution in [3.63, 3.8) is 0 Å². The van der Waals surface area contributed by atoms with Crippen molar-refractivity contribution in [2.24, 2.45) is 0 Å². The van der Waals surface area contributed by atoms with Crippen molar-refractivity contribution in [1.29, 1.82) is 0 Å². The van der Waals surface area contributed by atoms with Gasteiger partial charge in [0.1, 0.15) is 35.0 Å². The van der Waals surface area contributed by atoms with E-state index in [1.807, 2.05) is 43.4 Å². The molecule has 2 aliphatic heterocycles. The highest BCUT2D eigenvalue weighted by molar-refractivity contribution is 7.21. The van der Waals surface area contributed by atoms with E-state index in [0.29, 0.717) is 23.5 Å². The highest BCUT2D eigenvalue weighted by Crippen LogP contribution is 2.36. The van der Waals surface area contributed by atoms with Crippen molar-refractivity contribution in [2.45, 2.75) is 38.8 Å². The summed E-state index contributed by atoms with van der Waals surface area (Å²) in [4.78, 5) is 62.1. The Morgan fingerprint density at radius 3 is 2.52 bits per heavy atom. The van der Waals surface area contributed by atoms with Gasteiger partial charge in [-0.1, -0.05) is 18.2 Å². The predicted octanol–water partition coefficient (Wildman–Crippen LogP) is 5.55. The maximum atomic E-state index is 12.9. The number of rotatable bonds is 12. The summed E-state index contributed by atoms with van der Waals surface area (Å²) >= 11 is 1.55. The van der Waals surface area contributed by atoms with Gasteiger partial charge in [0.15, 0.2) is 0 Å². The Bertz CT molecular complexity index is 2180. The molecule has 0 bridgehead atoms. The first-order chi connectivity index (χ1) is 25.1. The van der Waals surface area contributed by atoms with Gasteiger partial charge in [0, 0.05) is 56.0 Å². The van der Waals surface area contributed by atoms with E-state index in [1.54, 1.807) is 35.6 Å². The highest BCUT2D eigenvalue weighted by atomic mass is 32.1. The number of benzene rings is 3. The number of carbonyl (C=O) groups is 4. The molecule has 1 fully saturated rings. The molecule has 2 aliphatic rings. The molecule has 13 heteroatoms. The molecular weight excluding hydrogens is 683 g/mol. The molecule has 0 aliphatic carbocycles. The van der Waals surface area contributed by atoms with Gasteiger partial charge >= 0.3 is 5.97 Å². The molecule has 4 heterocycles. The lowest BCUT2D eigenvalue weighted by Gasteiger charge is -2.29. The van der Waals surface area contributed by atoms with Gasteiger partial charge in [0.25, 0.3) is 5.91 Å². The summed E-state index contributed by atoms with van der Waals surface area (Å²) in [6.45, 7) is 3.00. The molecule has 266 valence electrons. The number of imide groups is 1. The average Bonchev–Trinajstić information content (AvgIpc) is 3.69. The number of nitrogens with zero attached hydrogens (tertiary/aromatic N) is 4. The molecule has 5 aromatic rings. The molecule has 1 unspecified atom stereocenters. The van der Waals surface area contributed by atoms with E-state index in [4.69, 9.17) is 19.2 Å². The fourth-order valence-electron chi connectivity index (χ4n) is 6.29. The zero-order valence-electron chi connectivity index (χ0n) is 29.0. The maximum absolute atomic E-state index is 12.9. The predicted molar refractivity (Wildman–Crippen MR) is 196 cm³/mol. The lowest BCUT2D eigenvalue weighted by molar-refractivity contribution is -0.137. The number of amides is 3. The molecule has 0 saturated carbocycles. The van der Waals surface area contributed by atoms with Gasteiger partial charge in [-0.25, -0.2) is 9.97 Å². The minimum atomic E-state index is -0.666. The first kappa shape index (κ1) is 34.8. The topological polar surface area (TPSA) is 140 Å².